The minimum absolute atomic E-state index is 0.0640. The summed E-state index contributed by atoms with van der Waals surface area (Å²) in [6, 6.07) is -0.362. The van der Waals surface area contributed by atoms with Crippen molar-refractivity contribution in [1.29, 1.82) is 0 Å². The quantitative estimate of drug-likeness (QED) is 0.475. The second-order valence-electron chi connectivity index (χ2n) is 5.72. The van der Waals surface area contributed by atoms with Gasteiger partial charge in [-0.05, 0) is 13.3 Å². The highest BCUT2D eigenvalue weighted by Gasteiger charge is 2.21. The lowest BCUT2D eigenvalue weighted by Gasteiger charge is -2.12. The van der Waals surface area contributed by atoms with Gasteiger partial charge in [-0.2, -0.15) is 4.99 Å². The van der Waals surface area contributed by atoms with Crippen molar-refractivity contribution >= 4 is 12.1 Å². The van der Waals surface area contributed by atoms with Crippen LogP contribution in [0.15, 0.2) is 9.41 Å². The van der Waals surface area contributed by atoms with Crippen LogP contribution in [0.1, 0.15) is 44.5 Å². The van der Waals surface area contributed by atoms with Crippen molar-refractivity contribution in [3.63, 3.8) is 0 Å². The summed E-state index contributed by atoms with van der Waals surface area (Å²) in [6.07, 6.45) is 2.80. The lowest BCUT2D eigenvalue weighted by Crippen LogP contribution is -2.36. The molecule has 0 atom stereocenters. The van der Waals surface area contributed by atoms with Gasteiger partial charge in [0.05, 0.1) is 5.69 Å². The van der Waals surface area contributed by atoms with E-state index in [1.165, 1.54) is 6.08 Å². The van der Waals surface area contributed by atoms with Crippen molar-refractivity contribution in [3.8, 4) is 0 Å². The first-order valence-corrected chi connectivity index (χ1v) is 6.86. The molecule has 0 saturated heterocycles. The third-order valence-corrected chi connectivity index (χ3v) is 2.78. The molecule has 0 bridgehead atoms. The molecule has 0 spiro atoms. The van der Waals surface area contributed by atoms with Crippen LogP contribution in [-0.4, -0.2) is 30.3 Å². The summed E-state index contributed by atoms with van der Waals surface area (Å²) in [5, 5.41) is 5.07. The van der Waals surface area contributed by atoms with E-state index in [9.17, 15) is 9.59 Å². The normalized spacial score (nSPS) is 10.9. The van der Waals surface area contributed by atoms with Crippen LogP contribution in [0.2, 0.25) is 0 Å². The summed E-state index contributed by atoms with van der Waals surface area (Å²) in [6.45, 7) is 8.51. The average molecular weight is 294 g/mol. The van der Waals surface area contributed by atoms with E-state index in [4.69, 9.17) is 4.42 Å². The number of hydrogen-bond donors (Lipinski definition) is 2. The summed E-state index contributed by atoms with van der Waals surface area (Å²) >= 11 is 0. The van der Waals surface area contributed by atoms with E-state index in [0.29, 0.717) is 13.0 Å². The Morgan fingerprint density at radius 1 is 1.38 bits per heavy atom. The Morgan fingerprint density at radius 2 is 2.10 bits per heavy atom. The zero-order valence-electron chi connectivity index (χ0n) is 12.9. The molecule has 7 heteroatoms. The molecule has 1 aromatic heterocycles. The largest absolute Gasteiger partial charge is 0.445 e. The Bertz CT molecular complexity index is 525. The Balaban J connectivity index is 2.35. The van der Waals surface area contributed by atoms with Crippen LogP contribution in [0, 0.1) is 6.92 Å². The lowest BCUT2D eigenvalue weighted by molar-refractivity contribution is 0.241. The van der Waals surface area contributed by atoms with Crippen molar-refractivity contribution < 1.29 is 14.0 Å². The minimum Gasteiger partial charge on any atom is -0.445 e. The molecular weight excluding hydrogens is 272 g/mol. The molecule has 0 radical (unpaired) electrons. The van der Waals surface area contributed by atoms with Gasteiger partial charge in [0.25, 0.3) is 0 Å². The molecule has 1 rings (SSSR count). The Morgan fingerprint density at radius 3 is 2.67 bits per heavy atom. The highest BCUT2D eigenvalue weighted by molar-refractivity contribution is 5.73. The summed E-state index contributed by atoms with van der Waals surface area (Å²) in [5.74, 6) is 1.58. The predicted octanol–water partition coefficient (Wildman–Crippen LogP) is 1.81. The van der Waals surface area contributed by atoms with Gasteiger partial charge in [0.2, 0.25) is 6.08 Å². The van der Waals surface area contributed by atoms with E-state index in [2.05, 4.69) is 41.4 Å². The van der Waals surface area contributed by atoms with E-state index in [1.54, 1.807) is 0 Å². The summed E-state index contributed by atoms with van der Waals surface area (Å²) < 4.78 is 5.77. The number of carbonyl (C=O) groups excluding carboxylic acids is 2. The van der Waals surface area contributed by atoms with Gasteiger partial charge in [0, 0.05) is 18.4 Å². The molecule has 0 unspecified atom stereocenters. The fourth-order valence-corrected chi connectivity index (χ4v) is 1.64. The van der Waals surface area contributed by atoms with Crippen LogP contribution in [0.5, 0.6) is 0 Å². The zero-order chi connectivity index (χ0) is 15.9. The molecule has 0 aromatic carbocycles. The first kappa shape index (κ1) is 16.9. The maximum Gasteiger partial charge on any atom is 0.316 e. The number of amides is 2. The number of urea groups is 1. The molecule has 0 aliphatic rings. The van der Waals surface area contributed by atoms with Crippen molar-refractivity contribution in [1.82, 2.24) is 15.6 Å². The number of nitrogens with one attached hydrogen (secondary N) is 2. The van der Waals surface area contributed by atoms with Crippen LogP contribution in [0.4, 0.5) is 4.79 Å². The van der Waals surface area contributed by atoms with Crippen molar-refractivity contribution in [2.45, 2.75) is 46.0 Å². The average Bonchev–Trinajstić information content (AvgIpc) is 2.76. The smallest absolute Gasteiger partial charge is 0.316 e. The number of nitrogens with zero attached hydrogens (tertiary/aromatic N) is 2. The van der Waals surface area contributed by atoms with E-state index in [-0.39, 0.29) is 18.1 Å². The van der Waals surface area contributed by atoms with Gasteiger partial charge < -0.3 is 15.1 Å². The van der Waals surface area contributed by atoms with E-state index >= 15 is 0 Å². The maximum atomic E-state index is 11.3. The molecule has 1 heterocycles. The van der Waals surface area contributed by atoms with Gasteiger partial charge in [0.1, 0.15) is 12.4 Å². The van der Waals surface area contributed by atoms with Gasteiger partial charge in [0.15, 0.2) is 5.89 Å². The molecule has 1 aromatic rings. The summed E-state index contributed by atoms with van der Waals surface area (Å²) in [7, 11) is 0. The maximum absolute atomic E-state index is 11.3. The second-order valence-corrected chi connectivity index (χ2v) is 5.72. The third kappa shape index (κ3) is 5.79. The van der Waals surface area contributed by atoms with Crippen molar-refractivity contribution in [2.24, 2.45) is 4.99 Å². The van der Waals surface area contributed by atoms with Crippen LogP contribution in [-0.2, 0) is 16.6 Å². The van der Waals surface area contributed by atoms with Crippen LogP contribution in [0.3, 0.4) is 0 Å². The molecule has 0 aliphatic heterocycles. The number of isocyanates is 1. The fraction of sp³-hybridized carbons (Fsp3) is 0.643. The molecule has 0 saturated carbocycles. The number of aryl methyl sites for hydroxylation is 2. The Hall–Kier alpha value is -2.14. The van der Waals surface area contributed by atoms with Crippen LogP contribution < -0.4 is 10.6 Å². The summed E-state index contributed by atoms with van der Waals surface area (Å²) in [5.41, 5.74) is 0.782. The molecule has 116 valence electrons. The number of hydrogen-bond acceptors (Lipinski definition) is 5. The van der Waals surface area contributed by atoms with Gasteiger partial charge in [-0.1, -0.05) is 20.8 Å². The fourth-order valence-electron chi connectivity index (χ4n) is 1.64. The number of aliphatic imine (C=N–C) groups is 1. The number of oxazole rings is 1. The molecule has 0 fully saturated rings. The van der Waals surface area contributed by atoms with Crippen molar-refractivity contribution in [3.05, 3.63) is 17.3 Å². The number of carbonyl (C=O) groups is 1. The van der Waals surface area contributed by atoms with E-state index in [0.717, 1.165) is 23.8 Å². The number of aromatic nitrogens is 1. The standard InChI is InChI=1S/C14H22N4O3/c1-10-11(21-12(18-10)14(2,3)4)6-5-7-16-13(20)17-8-15-9-19/h5-8H2,1-4H3,(H2,16,17,20). The third-order valence-electron chi connectivity index (χ3n) is 2.78. The highest BCUT2D eigenvalue weighted by atomic mass is 16.4. The molecule has 7 nitrogen and oxygen atoms in total. The number of rotatable bonds is 6. The molecule has 2 amide bonds. The van der Waals surface area contributed by atoms with Gasteiger partial charge in [-0.3, -0.25) is 0 Å². The highest BCUT2D eigenvalue weighted by Crippen LogP contribution is 2.24. The zero-order valence-corrected chi connectivity index (χ0v) is 12.9. The SMILES string of the molecule is Cc1nc(C(C)(C)C)oc1CCCNC(=O)NCN=C=O. The topological polar surface area (TPSA) is 96.6 Å². The first-order chi connectivity index (χ1) is 9.84. The molecular formula is C14H22N4O3. The summed E-state index contributed by atoms with van der Waals surface area (Å²) in [4.78, 5) is 28.8. The second kappa shape index (κ2) is 7.59. The van der Waals surface area contributed by atoms with E-state index in [1.807, 2.05) is 6.92 Å². The monoisotopic (exact) mass is 294 g/mol. The van der Waals surface area contributed by atoms with E-state index < -0.39 is 0 Å². The lowest BCUT2D eigenvalue weighted by atomic mass is 9.97. The first-order valence-electron chi connectivity index (χ1n) is 6.86. The molecule has 0 aliphatic carbocycles. The predicted molar refractivity (Wildman–Crippen MR) is 77.8 cm³/mol. The van der Waals surface area contributed by atoms with Crippen LogP contribution in [0.25, 0.3) is 0 Å². The molecule has 21 heavy (non-hydrogen) atoms. The van der Waals surface area contributed by atoms with Gasteiger partial charge in [-0.15, -0.1) is 0 Å². The van der Waals surface area contributed by atoms with Crippen LogP contribution >= 0.6 is 0 Å². The van der Waals surface area contributed by atoms with Crippen molar-refractivity contribution in [2.75, 3.05) is 13.2 Å². The Kier molecular flexibility index (Phi) is 6.11. The minimum atomic E-state index is -0.362. The Labute approximate surface area is 124 Å². The van der Waals surface area contributed by atoms with Gasteiger partial charge >= 0.3 is 6.03 Å². The molecule has 2 N–H and O–H groups in total. The van der Waals surface area contributed by atoms with Gasteiger partial charge in [-0.25, -0.2) is 14.6 Å².